The predicted octanol–water partition coefficient (Wildman–Crippen LogP) is 1.28. The number of pyridine rings is 1. The summed E-state index contributed by atoms with van der Waals surface area (Å²) < 4.78 is 3.33. The summed E-state index contributed by atoms with van der Waals surface area (Å²) in [5.41, 5.74) is 0.307. The van der Waals surface area contributed by atoms with Crippen LogP contribution in [-0.2, 0) is 13.6 Å². The van der Waals surface area contributed by atoms with Crippen molar-refractivity contribution in [2.75, 3.05) is 6.54 Å². The fraction of sp³-hybridized carbons (Fsp3) is 0.438. The summed E-state index contributed by atoms with van der Waals surface area (Å²) in [6.45, 7) is 1.43. The zero-order valence-electron chi connectivity index (χ0n) is 12.7. The Kier molecular flexibility index (Phi) is 4.09. The van der Waals surface area contributed by atoms with Crippen molar-refractivity contribution in [2.24, 2.45) is 7.05 Å². The highest BCUT2D eigenvalue weighted by Gasteiger charge is 2.28. The van der Waals surface area contributed by atoms with Crippen molar-refractivity contribution in [3.05, 3.63) is 52.7 Å². The summed E-state index contributed by atoms with van der Waals surface area (Å²) in [6, 6.07) is 5.14. The maximum Gasteiger partial charge on any atom is 0.254 e. The predicted molar refractivity (Wildman–Crippen MR) is 82.6 cm³/mol. The minimum atomic E-state index is -0.161. The summed E-state index contributed by atoms with van der Waals surface area (Å²) in [7, 11) is 1.68. The molecule has 1 aliphatic heterocycles. The summed E-state index contributed by atoms with van der Waals surface area (Å²) >= 11 is 0. The van der Waals surface area contributed by atoms with Crippen molar-refractivity contribution in [3.8, 4) is 0 Å². The van der Waals surface area contributed by atoms with Crippen molar-refractivity contribution in [1.82, 2.24) is 19.2 Å². The van der Waals surface area contributed by atoms with Crippen molar-refractivity contribution < 1.29 is 4.79 Å². The van der Waals surface area contributed by atoms with Crippen LogP contribution in [0.25, 0.3) is 0 Å². The van der Waals surface area contributed by atoms with Gasteiger partial charge in [-0.05, 0) is 31.4 Å². The van der Waals surface area contributed by atoms with E-state index >= 15 is 0 Å². The van der Waals surface area contributed by atoms with Crippen molar-refractivity contribution in [3.63, 3.8) is 0 Å². The molecular formula is C16H20N4O2. The second kappa shape index (κ2) is 6.17. The van der Waals surface area contributed by atoms with Crippen LogP contribution in [-0.4, -0.2) is 37.7 Å². The Morgan fingerprint density at radius 3 is 2.95 bits per heavy atom. The number of hydrogen-bond donors (Lipinski definition) is 0. The Balaban J connectivity index is 1.81. The molecular weight excluding hydrogens is 280 g/mol. The van der Waals surface area contributed by atoms with E-state index in [1.807, 2.05) is 21.8 Å². The molecule has 2 aromatic rings. The van der Waals surface area contributed by atoms with E-state index in [1.54, 1.807) is 25.5 Å². The van der Waals surface area contributed by atoms with Gasteiger partial charge in [0.15, 0.2) is 0 Å². The van der Waals surface area contributed by atoms with Gasteiger partial charge in [0.1, 0.15) is 0 Å². The van der Waals surface area contributed by atoms with Crippen LogP contribution in [0, 0.1) is 0 Å². The first kappa shape index (κ1) is 14.6. The van der Waals surface area contributed by atoms with Gasteiger partial charge >= 0.3 is 0 Å². The Morgan fingerprint density at radius 1 is 1.36 bits per heavy atom. The molecule has 0 spiro atoms. The molecule has 22 heavy (non-hydrogen) atoms. The molecule has 2 aromatic heterocycles. The Hall–Kier alpha value is -2.37. The van der Waals surface area contributed by atoms with Gasteiger partial charge in [0.05, 0.1) is 12.6 Å². The van der Waals surface area contributed by atoms with E-state index in [0.717, 1.165) is 25.8 Å². The number of amides is 1. The molecule has 0 unspecified atom stereocenters. The van der Waals surface area contributed by atoms with E-state index < -0.39 is 0 Å². The summed E-state index contributed by atoms with van der Waals surface area (Å²) in [5.74, 6) is -0.0606. The maximum absolute atomic E-state index is 12.8. The highest BCUT2D eigenvalue weighted by molar-refractivity contribution is 5.94. The molecule has 0 N–H and O–H groups in total. The van der Waals surface area contributed by atoms with Crippen molar-refractivity contribution >= 4 is 5.91 Å². The third-order valence-electron chi connectivity index (χ3n) is 4.20. The van der Waals surface area contributed by atoms with Gasteiger partial charge in [-0.1, -0.05) is 0 Å². The first-order valence-electron chi connectivity index (χ1n) is 7.60. The quantitative estimate of drug-likeness (QED) is 0.858. The molecule has 0 radical (unpaired) electrons. The van der Waals surface area contributed by atoms with Crippen LogP contribution in [0.5, 0.6) is 0 Å². The van der Waals surface area contributed by atoms with Gasteiger partial charge in [0, 0.05) is 43.8 Å². The Labute approximate surface area is 129 Å². The fourth-order valence-electron chi connectivity index (χ4n) is 2.93. The second-order valence-electron chi connectivity index (χ2n) is 5.74. The first-order chi connectivity index (χ1) is 10.6. The van der Waals surface area contributed by atoms with Gasteiger partial charge in [0.25, 0.3) is 11.5 Å². The normalized spacial score (nSPS) is 18.4. The average molecular weight is 300 g/mol. The Morgan fingerprint density at radius 2 is 2.23 bits per heavy atom. The lowest BCUT2D eigenvalue weighted by atomic mass is 10.0. The summed E-state index contributed by atoms with van der Waals surface area (Å²) in [5, 5.41) is 4.23. The Bertz CT molecular complexity index is 705. The zero-order chi connectivity index (χ0) is 15.5. The lowest BCUT2D eigenvalue weighted by Crippen LogP contribution is -2.46. The summed E-state index contributed by atoms with van der Waals surface area (Å²) in [6.07, 6.45) is 8.39. The topological polar surface area (TPSA) is 60.1 Å². The van der Waals surface area contributed by atoms with E-state index in [1.165, 1.54) is 10.6 Å². The van der Waals surface area contributed by atoms with Gasteiger partial charge in [-0.3, -0.25) is 14.3 Å². The number of nitrogens with zero attached hydrogens (tertiary/aromatic N) is 4. The van der Waals surface area contributed by atoms with E-state index in [2.05, 4.69) is 5.10 Å². The van der Waals surface area contributed by atoms with Crippen LogP contribution in [0.4, 0.5) is 0 Å². The van der Waals surface area contributed by atoms with Crippen LogP contribution in [0.2, 0.25) is 0 Å². The largest absolute Gasteiger partial charge is 0.334 e. The standard InChI is InChI=1S/C16H20N4O2/c1-18-10-6-13(11-15(18)21)16(22)20-9-3-2-5-14(20)12-19-8-4-7-17-19/h4,6-8,10-11,14H,2-3,5,9,12H2,1H3/t14-/m1/s1. The summed E-state index contributed by atoms with van der Waals surface area (Å²) in [4.78, 5) is 26.4. The molecule has 116 valence electrons. The molecule has 0 bridgehead atoms. The number of likely N-dealkylation sites (tertiary alicyclic amines) is 1. The van der Waals surface area contributed by atoms with Gasteiger partial charge in [0.2, 0.25) is 0 Å². The molecule has 1 saturated heterocycles. The number of hydrogen-bond acceptors (Lipinski definition) is 3. The second-order valence-corrected chi connectivity index (χ2v) is 5.74. The molecule has 1 atom stereocenters. The number of carbonyl (C=O) groups excluding carboxylic acids is 1. The van der Waals surface area contributed by atoms with E-state index in [0.29, 0.717) is 12.1 Å². The first-order valence-corrected chi connectivity index (χ1v) is 7.60. The van der Waals surface area contributed by atoms with Crippen LogP contribution in [0.1, 0.15) is 29.6 Å². The van der Waals surface area contributed by atoms with Crippen LogP contribution in [0.3, 0.4) is 0 Å². The van der Waals surface area contributed by atoms with Crippen LogP contribution < -0.4 is 5.56 Å². The van der Waals surface area contributed by atoms with E-state index in [4.69, 9.17) is 0 Å². The molecule has 1 amide bonds. The molecule has 3 rings (SSSR count). The third-order valence-corrected chi connectivity index (χ3v) is 4.20. The smallest absolute Gasteiger partial charge is 0.254 e. The number of carbonyl (C=O) groups is 1. The number of rotatable bonds is 3. The monoisotopic (exact) mass is 300 g/mol. The maximum atomic E-state index is 12.8. The number of piperidine rings is 1. The molecule has 1 fully saturated rings. The average Bonchev–Trinajstić information content (AvgIpc) is 3.03. The molecule has 0 aromatic carbocycles. The van der Waals surface area contributed by atoms with Gasteiger partial charge in [-0.15, -0.1) is 0 Å². The molecule has 1 aliphatic rings. The van der Waals surface area contributed by atoms with E-state index in [-0.39, 0.29) is 17.5 Å². The minimum absolute atomic E-state index is 0.0606. The third kappa shape index (κ3) is 2.95. The van der Waals surface area contributed by atoms with Crippen molar-refractivity contribution in [2.45, 2.75) is 31.8 Å². The molecule has 0 aliphatic carbocycles. The molecule has 6 heteroatoms. The lowest BCUT2D eigenvalue weighted by molar-refractivity contribution is 0.0583. The molecule has 6 nitrogen and oxygen atoms in total. The van der Waals surface area contributed by atoms with Crippen molar-refractivity contribution in [1.29, 1.82) is 0 Å². The highest BCUT2D eigenvalue weighted by Crippen LogP contribution is 2.20. The SMILES string of the molecule is Cn1ccc(C(=O)N2CCCC[C@@H]2Cn2cccn2)cc1=O. The zero-order valence-corrected chi connectivity index (χ0v) is 12.7. The molecule has 0 saturated carbocycles. The minimum Gasteiger partial charge on any atom is -0.334 e. The van der Waals surface area contributed by atoms with Gasteiger partial charge in [-0.2, -0.15) is 5.10 Å². The highest BCUT2D eigenvalue weighted by atomic mass is 16.2. The van der Waals surface area contributed by atoms with Crippen LogP contribution in [0.15, 0.2) is 41.6 Å². The number of aromatic nitrogens is 3. The molecule has 3 heterocycles. The number of aryl methyl sites for hydroxylation is 1. The van der Waals surface area contributed by atoms with E-state index in [9.17, 15) is 9.59 Å². The van der Waals surface area contributed by atoms with Gasteiger partial charge in [-0.25, -0.2) is 0 Å². The lowest BCUT2D eigenvalue weighted by Gasteiger charge is -2.35. The fourth-order valence-corrected chi connectivity index (χ4v) is 2.93. The van der Waals surface area contributed by atoms with Crippen LogP contribution >= 0.6 is 0 Å². The van der Waals surface area contributed by atoms with Gasteiger partial charge < -0.3 is 9.47 Å².